The van der Waals surface area contributed by atoms with Crippen LogP contribution in [0.3, 0.4) is 0 Å². The van der Waals surface area contributed by atoms with Gasteiger partial charge in [-0.15, -0.1) is 0 Å². The Labute approximate surface area is 91.6 Å². The monoisotopic (exact) mass is 205 g/mol. The van der Waals surface area contributed by atoms with Gasteiger partial charge in [0, 0.05) is 0 Å². The van der Waals surface area contributed by atoms with Crippen molar-refractivity contribution < 1.29 is 4.74 Å². The molecule has 2 nitrogen and oxygen atoms in total. The van der Waals surface area contributed by atoms with Crippen molar-refractivity contribution >= 4 is 0 Å². The molecule has 1 aromatic rings. The van der Waals surface area contributed by atoms with Crippen LogP contribution in [0.5, 0.6) is 5.75 Å². The molecule has 2 rings (SSSR count). The van der Waals surface area contributed by atoms with Gasteiger partial charge in [0.05, 0.1) is 6.61 Å². The van der Waals surface area contributed by atoms with E-state index in [4.69, 9.17) is 4.74 Å². The third-order valence-electron chi connectivity index (χ3n) is 2.90. The summed E-state index contributed by atoms with van der Waals surface area (Å²) < 4.78 is 5.50. The topological polar surface area (TPSA) is 21.3 Å². The highest BCUT2D eigenvalue weighted by Crippen LogP contribution is 2.19. The number of nitrogens with one attached hydrogen (secondary N) is 1. The van der Waals surface area contributed by atoms with Crippen molar-refractivity contribution in [3.8, 4) is 5.75 Å². The molecule has 1 saturated heterocycles. The molecular weight excluding hydrogens is 186 g/mol. The lowest BCUT2D eigenvalue weighted by molar-refractivity contribution is 0.339. The number of ether oxygens (including phenoxy) is 1. The van der Waals surface area contributed by atoms with Crippen molar-refractivity contribution in [2.45, 2.75) is 19.8 Å². The summed E-state index contributed by atoms with van der Waals surface area (Å²) in [6.45, 7) is 5.11. The van der Waals surface area contributed by atoms with Crippen LogP contribution in [0.2, 0.25) is 0 Å². The minimum atomic E-state index is 0.744. The Balaban J connectivity index is 1.97. The van der Waals surface area contributed by atoms with Crippen LogP contribution in [0, 0.1) is 5.92 Å². The molecule has 0 aromatic heterocycles. The van der Waals surface area contributed by atoms with Gasteiger partial charge in [0.2, 0.25) is 0 Å². The normalized spacial score (nSPS) is 20.5. The number of rotatable bonds is 4. The zero-order valence-corrected chi connectivity index (χ0v) is 9.33. The van der Waals surface area contributed by atoms with Gasteiger partial charge in [0.15, 0.2) is 0 Å². The lowest BCUT2D eigenvalue weighted by Gasteiger charge is -2.09. The molecule has 1 unspecified atom stereocenters. The zero-order valence-electron chi connectivity index (χ0n) is 9.33. The molecule has 0 aliphatic carbocycles. The molecule has 2 heteroatoms. The standard InChI is InChI=1S/C13H19NO/c1-2-15-13-5-3-4-11(9-13)8-12-6-7-14-10-12/h3-5,9,12,14H,2,6-8,10H2,1H3. The fourth-order valence-corrected chi connectivity index (χ4v) is 2.15. The molecule has 1 N–H and O–H groups in total. The summed E-state index contributed by atoms with van der Waals surface area (Å²) in [6, 6.07) is 8.48. The van der Waals surface area contributed by atoms with Crippen LogP contribution in [0.4, 0.5) is 0 Å². The Kier molecular flexibility index (Phi) is 3.62. The van der Waals surface area contributed by atoms with Gasteiger partial charge in [-0.05, 0) is 56.5 Å². The molecule has 0 bridgehead atoms. The van der Waals surface area contributed by atoms with Gasteiger partial charge in [-0.2, -0.15) is 0 Å². The van der Waals surface area contributed by atoms with Crippen molar-refractivity contribution in [1.29, 1.82) is 0 Å². The van der Waals surface area contributed by atoms with Crippen LogP contribution in [-0.4, -0.2) is 19.7 Å². The summed E-state index contributed by atoms with van der Waals surface area (Å²) in [5, 5.41) is 3.40. The summed E-state index contributed by atoms with van der Waals surface area (Å²) >= 11 is 0. The van der Waals surface area contributed by atoms with Gasteiger partial charge in [0.1, 0.15) is 5.75 Å². The van der Waals surface area contributed by atoms with Gasteiger partial charge in [0.25, 0.3) is 0 Å². The van der Waals surface area contributed by atoms with Gasteiger partial charge >= 0.3 is 0 Å². The highest BCUT2D eigenvalue weighted by Gasteiger charge is 2.14. The zero-order chi connectivity index (χ0) is 10.5. The molecule has 0 saturated carbocycles. The van der Waals surface area contributed by atoms with E-state index in [1.807, 2.05) is 13.0 Å². The summed E-state index contributed by atoms with van der Waals surface area (Å²) in [7, 11) is 0. The molecule has 1 atom stereocenters. The third-order valence-corrected chi connectivity index (χ3v) is 2.90. The Bertz CT molecular complexity index is 305. The molecule has 82 valence electrons. The average molecular weight is 205 g/mol. The van der Waals surface area contributed by atoms with Crippen LogP contribution in [0.1, 0.15) is 18.9 Å². The first-order valence-corrected chi connectivity index (χ1v) is 5.81. The molecule has 1 aromatic carbocycles. The second kappa shape index (κ2) is 5.17. The van der Waals surface area contributed by atoms with Gasteiger partial charge < -0.3 is 10.1 Å². The second-order valence-electron chi connectivity index (χ2n) is 4.14. The predicted molar refractivity (Wildman–Crippen MR) is 62.3 cm³/mol. The van der Waals surface area contributed by atoms with Crippen LogP contribution < -0.4 is 10.1 Å². The van der Waals surface area contributed by atoms with E-state index in [9.17, 15) is 0 Å². The fourth-order valence-electron chi connectivity index (χ4n) is 2.15. The maximum atomic E-state index is 5.50. The molecule has 1 aliphatic rings. The largest absolute Gasteiger partial charge is 0.494 e. The molecular formula is C13H19NO. The van der Waals surface area contributed by atoms with Crippen molar-refractivity contribution in [2.24, 2.45) is 5.92 Å². The average Bonchev–Trinajstić information content (AvgIpc) is 2.71. The number of benzene rings is 1. The molecule has 1 aliphatic heterocycles. The SMILES string of the molecule is CCOc1cccc(CC2CCNC2)c1. The minimum absolute atomic E-state index is 0.744. The van der Waals surface area contributed by atoms with E-state index in [0.29, 0.717) is 0 Å². The van der Waals surface area contributed by atoms with E-state index in [1.54, 1.807) is 0 Å². The van der Waals surface area contributed by atoms with Crippen molar-refractivity contribution in [3.05, 3.63) is 29.8 Å². The van der Waals surface area contributed by atoms with Crippen LogP contribution in [0.15, 0.2) is 24.3 Å². The lowest BCUT2D eigenvalue weighted by Crippen LogP contribution is -2.10. The molecule has 1 fully saturated rings. The minimum Gasteiger partial charge on any atom is -0.494 e. The fraction of sp³-hybridized carbons (Fsp3) is 0.538. The first kappa shape index (κ1) is 10.5. The van der Waals surface area contributed by atoms with Crippen molar-refractivity contribution in [1.82, 2.24) is 5.32 Å². The van der Waals surface area contributed by atoms with Crippen LogP contribution in [0.25, 0.3) is 0 Å². The van der Waals surface area contributed by atoms with Gasteiger partial charge in [-0.25, -0.2) is 0 Å². The van der Waals surface area contributed by atoms with E-state index < -0.39 is 0 Å². The summed E-state index contributed by atoms with van der Waals surface area (Å²) in [4.78, 5) is 0. The van der Waals surface area contributed by atoms with Gasteiger partial charge in [-0.3, -0.25) is 0 Å². The van der Waals surface area contributed by atoms with Crippen LogP contribution >= 0.6 is 0 Å². The number of hydrogen-bond donors (Lipinski definition) is 1. The Morgan fingerprint density at radius 1 is 1.47 bits per heavy atom. The lowest BCUT2D eigenvalue weighted by atomic mass is 9.99. The van der Waals surface area contributed by atoms with E-state index >= 15 is 0 Å². The molecule has 1 heterocycles. The number of hydrogen-bond acceptors (Lipinski definition) is 2. The first-order valence-electron chi connectivity index (χ1n) is 5.81. The highest BCUT2D eigenvalue weighted by atomic mass is 16.5. The smallest absolute Gasteiger partial charge is 0.119 e. The quantitative estimate of drug-likeness (QED) is 0.814. The summed E-state index contributed by atoms with van der Waals surface area (Å²) in [5.41, 5.74) is 1.40. The molecule has 15 heavy (non-hydrogen) atoms. The maximum absolute atomic E-state index is 5.50. The Morgan fingerprint density at radius 3 is 3.13 bits per heavy atom. The maximum Gasteiger partial charge on any atom is 0.119 e. The molecule has 0 amide bonds. The van der Waals surface area contributed by atoms with E-state index in [1.165, 1.54) is 31.5 Å². The third kappa shape index (κ3) is 2.96. The Hall–Kier alpha value is -1.02. The highest BCUT2D eigenvalue weighted by molar-refractivity contribution is 5.28. The second-order valence-corrected chi connectivity index (χ2v) is 4.14. The molecule has 0 spiro atoms. The summed E-state index contributed by atoms with van der Waals surface area (Å²) in [5.74, 6) is 1.81. The van der Waals surface area contributed by atoms with Crippen molar-refractivity contribution in [3.63, 3.8) is 0 Å². The predicted octanol–water partition coefficient (Wildman–Crippen LogP) is 2.24. The van der Waals surface area contributed by atoms with Crippen LogP contribution in [-0.2, 0) is 6.42 Å². The van der Waals surface area contributed by atoms with E-state index in [0.717, 1.165) is 18.3 Å². The van der Waals surface area contributed by atoms with Crippen molar-refractivity contribution in [2.75, 3.05) is 19.7 Å². The van der Waals surface area contributed by atoms with Gasteiger partial charge in [-0.1, -0.05) is 12.1 Å². The first-order chi connectivity index (χ1) is 7.38. The summed E-state index contributed by atoms with van der Waals surface area (Å²) in [6.07, 6.45) is 2.48. The molecule has 0 radical (unpaired) electrons. The Morgan fingerprint density at radius 2 is 2.40 bits per heavy atom. The van der Waals surface area contributed by atoms with E-state index in [2.05, 4.69) is 23.5 Å². The van der Waals surface area contributed by atoms with E-state index in [-0.39, 0.29) is 0 Å².